The first-order valence-electron chi connectivity index (χ1n) is 4.27. The van der Waals surface area contributed by atoms with Crippen molar-refractivity contribution in [2.24, 2.45) is 10.9 Å². The van der Waals surface area contributed by atoms with Crippen molar-refractivity contribution in [3.05, 3.63) is 12.2 Å². The molecule has 1 heterocycles. The number of aliphatic imine (C=N–C) groups is 1. The summed E-state index contributed by atoms with van der Waals surface area (Å²) in [6.07, 6.45) is 6.97. The van der Waals surface area contributed by atoms with E-state index in [2.05, 4.69) is 24.1 Å². The van der Waals surface area contributed by atoms with Crippen LogP contribution in [0.3, 0.4) is 0 Å². The average molecular weight is 167 g/mol. The summed E-state index contributed by atoms with van der Waals surface area (Å²) in [4.78, 5) is 4.56. The van der Waals surface area contributed by atoms with Gasteiger partial charge in [-0.2, -0.15) is 0 Å². The molecule has 1 aliphatic heterocycles. The van der Waals surface area contributed by atoms with E-state index in [0.717, 1.165) is 5.92 Å². The lowest BCUT2D eigenvalue weighted by atomic mass is 9.86. The maximum Gasteiger partial charge on any atom is 0.0735 e. The maximum absolute atomic E-state index is 4.56. The van der Waals surface area contributed by atoms with Gasteiger partial charge in [-0.3, -0.25) is 4.99 Å². The summed E-state index contributed by atoms with van der Waals surface area (Å²) in [5.41, 5.74) is 0. The van der Waals surface area contributed by atoms with Gasteiger partial charge in [-0.05, 0) is 18.6 Å². The highest BCUT2D eigenvalue weighted by Gasteiger charge is 2.34. The minimum atomic E-state index is 0.647. The van der Waals surface area contributed by atoms with Crippen LogP contribution in [0, 0.1) is 5.92 Å². The minimum absolute atomic E-state index is 0.647. The van der Waals surface area contributed by atoms with Gasteiger partial charge >= 0.3 is 0 Å². The number of hydrogen-bond donors (Lipinski definition) is 0. The lowest BCUT2D eigenvalue weighted by Crippen LogP contribution is -2.36. The third kappa shape index (κ3) is 1.24. The van der Waals surface area contributed by atoms with Crippen molar-refractivity contribution < 1.29 is 0 Å². The van der Waals surface area contributed by atoms with Crippen LogP contribution in [0.4, 0.5) is 0 Å². The molecule has 2 atom stereocenters. The minimum Gasteiger partial charge on any atom is -0.278 e. The standard InChI is InChI=1S/C9H13NS/c1-2-11-9-7-5-3-4-6-8(7)10-9/h3-4,7-8H,2,5-6H2,1H3/t7-,8+/m0/s1. The number of allylic oxidation sites excluding steroid dienone is 1. The van der Waals surface area contributed by atoms with Crippen molar-refractivity contribution in [2.75, 3.05) is 5.75 Å². The highest BCUT2D eigenvalue weighted by molar-refractivity contribution is 8.14. The Morgan fingerprint density at radius 3 is 3.09 bits per heavy atom. The van der Waals surface area contributed by atoms with Gasteiger partial charge < -0.3 is 0 Å². The predicted octanol–water partition coefficient (Wildman–Crippen LogP) is 2.49. The van der Waals surface area contributed by atoms with Crippen LogP contribution in [0.15, 0.2) is 17.1 Å². The summed E-state index contributed by atoms with van der Waals surface area (Å²) in [5.74, 6) is 1.97. The second-order valence-electron chi connectivity index (χ2n) is 3.02. The second-order valence-corrected chi connectivity index (χ2v) is 4.30. The Labute approximate surface area is 72.0 Å². The molecule has 0 aromatic heterocycles. The van der Waals surface area contributed by atoms with Crippen molar-refractivity contribution >= 4 is 16.8 Å². The Morgan fingerprint density at radius 1 is 1.55 bits per heavy atom. The van der Waals surface area contributed by atoms with E-state index in [1.807, 2.05) is 11.8 Å². The Bertz CT molecular complexity index is 208. The molecule has 11 heavy (non-hydrogen) atoms. The molecule has 2 aliphatic rings. The maximum atomic E-state index is 4.56. The van der Waals surface area contributed by atoms with Crippen molar-refractivity contribution in [1.82, 2.24) is 0 Å². The molecular weight excluding hydrogens is 154 g/mol. The van der Waals surface area contributed by atoms with Gasteiger partial charge in [0.1, 0.15) is 0 Å². The molecule has 0 unspecified atom stereocenters. The molecule has 0 fully saturated rings. The van der Waals surface area contributed by atoms with Crippen molar-refractivity contribution in [3.8, 4) is 0 Å². The molecule has 2 heteroatoms. The van der Waals surface area contributed by atoms with Crippen LogP contribution in [0.2, 0.25) is 0 Å². The van der Waals surface area contributed by atoms with E-state index in [9.17, 15) is 0 Å². The largest absolute Gasteiger partial charge is 0.278 e. The fraction of sp³-hybridized carbons (Fsp3) is 0.667. The predicted molar refractivity (Wildman–Crippen MR) is 51.2 cm³/mol. The third-order valence-electron chi connectivity index (χ3n) is 2.30. The lowest BCUT2D eigenvalue weighted by Gasteiger charge is -2.35. The van der Waals surface area contributed by atoms with Gasteiger partial charge in [-0.15, -0.1) is 11.8 Å². The molecule has 0 amide bonds. The van der Waals surface area contributed by atoms with E-state index in [1.165, 1.54) is 23.6 Å². The number of fused-ring (bicyclic) bond motifs is 1. The van der Waals surface area contributed by atoms with Crippen LogP contribution in [-0.4, -0.2) is 16.8 Å². The molecule has 0 saturated carbocycles. The highest BCUT2D eigenvalue weighted by Crippen LogP contribution is 2.35. The van der Waals surface area contributed by atoms with Crippen molar-refractivity contribution in [3.63, 3.8) is 0 Å². The highest BCUT2D eigenvalue weighted by atomic mass is 32.2. The fourth-order valence-corrected chi connectivity index (χ4v) is 2.65. The van der Waals surface area contributed by atoms with Gasteiger partial charge in [0.25, 0.3) is 0 Å². The van der Waals surface area contributed by atoms with Crippen LogP contribution >= 0.6 is 11.8 Å². The van der Waals surface area contributed by atoms with Gasteiger partial charge in [0.15, 0.2) is 0 Å². The first-order chi connectivity index (χ1) is 5.42. The molecular formula is C9H13NS. The third-order valence-corrected chi connectivity index (χ3v) is 3.29. The quantitative estimate of drug-likeness (QED) is 0.546. The molecule has 0 N–H and O–H groups in total. The summed E-state index contributed by atoms with van der Waals surface area (Å²) >= 11 is 1.92. The average Bonchev–Trinajstić information content (AvgIpc) is 2.01. The topological polar surface area (TPSA) is 12.4 Å². The molecule has 2 rings (SSSR count). The van der Waals surface area contributed by atoms with E-state index >= 15 is 0 Å². The SMILES string of the molecule is CCSC1=N[C@@H]2CC=CC[C@H]12. The van der Waals surface area contributed by atoms with Gasteiger partial charge in [-0.25, -0.2) is 0 Å². The van der Waals surface area contributed by atoms with Gasteiger partial charge in [0.2, 0.25) is 0 Å². The number of nitrogens with zero attached hydrogens (tertiary/aromatic N) is 1. The summed E-state index contributed by atoms with van der Waals surface area (Å²) in [7, 11) is 0. The molecule has 1 aliphatic carbocycles. The van der Waals surface area contributed by atoms with Crippen molar-refractivity contribution in [2.45, 2.75) is 25.8 Å². The van der Waals surface area contributed by atoms with Gasteiger partial charge in [0, 0.05) is 5.92 Å². The van der Waals surface area contributed by atoms with Crippen LogP contribution < -0.4 is 0 Å². The molecule has 1 nitrogen and oxygen atoms in total. The number of thioether (sulfide) groups is 1. The van der Waals surface area contributed by atoms with E-state index in [-0.39, 0.29) is 0 Å². The summed E-state index contributed by atoms with van der Waals surface area (Å²) in [5, 5.41) is 1.40. The molecule has 0 saturated heterocycles. The Balaban J connectivity index is 1.98. The first kappa shape index (κ1) is 7.41. The van der Waals surface area contributed by atoms with E-state index < -0.39 is 0 Å². The van der Waals surface area contributed by atoms with E-state index in [0.29, 0.717) is 6.04 Å². The van der Waals surface area contributed by atoms with Crippen LogP contribution in [-0.2, 0) is 0 Å². The normalized spacial score (nSPS) is 34.1. The zero-order chi connectivity index (χ0) is 7.68. The van der Waals surface area contributed by atoms with Crippen LogP contribution in [0.5, 0.6) is 0 Å². The molecule has 0 bridgehead atoms. The van der Waals surface area contributed by atoms with Gasteiger partial charge in [0.05, 0.1) is 11.1 Å². The van der Waals surface area contributed by atoms with E-state index in [4.69, 9.17) is 0 Å². The zero-order valence-corrected chi connectivity index (χ0v) is 7.60. The molecule has 0 radical (unpaired) electrons. The fourth-order valence-electron chi connectivity index (χ4n) is 1.68. The zero-order valence-electron chi connectivity index (χ0n) is 6.79. The lowest BCUT2D eigenvalue weighted by molar-refractivity contribution is 0.477. The Kier molecular flexibility index (Phi) is 2.03. The molecule has 0 aromatic carbocycles. The summed E-state index contributed by atoms with van der Waals surface area (Å²) in [6, 6.07) is 0.647. The Hall–Kier alpha value is -0.240. The van der Waals surface area contributed by atoms with Crippen molar-refractivity contribution in [1.29, 1.82) is 0 Å². The molecule has 0 aromatic rings. The first-order valence-corrected chi connectivity index (χ1v) is 5.26. The number of rotatable bonds is 1. The molecule has 0 spiro atoms. The molecule has 60 valence electrons. The second kappa shape index (κ2) is 3.02. The Morgan fingerprint density at radius 2 is 2.36 bits per heavy atom. The summed E-state index contributed by atoms with van der Waals surface area (Å²) in [6.45, 7) is 2.19. The number of hydrogen-bond acceptors (Lipinski definition) is 2. The van der Waals surface area contributed by atoms with Crippen LogP contribution in [0.25, 0.3) is 0 Å². The monoisotopic (exact) mass is 167 g/mol. The summed E-state index contributed by atoms with van der Waals surface area (Å²) < 4.78 is 0. The van der Waals surface area contributed by atoms with E-state index in [1.54, 1.807) is 0 Å². The van der Waals surface area contributed by atoms with Crippen LogP contribution in [0.1, 0.15) is 19.8 Å². The smallest absolute Gasteiger partial charge is 0.0735 e. The van der Waals surface area contributed by atoms with Gasteiger partial charge in [-0.1, -0.05) is 19.1 Å².